The van der Waals surface area contributed by atoms with E-state index in [1.54, 1.807) is 11.1 Å². The molecule has 0 unspecified atom stereocenters. The van der Waals surface area contributed by atoms with E-state index in [4.69, 9.17) is 17.2 Å². The first-order valence-corrected chi connectivity index (χ1v) is 61.2. The molecule has 0 amide bonds. The molecule has 0 bridgehead atoms. The third kappa shape index (κ3) is 11.0. The van der Waals surface area contributed by atoms with Crippen LogP contribution in [0.3, 0.4) is 0 Å². The monoisotopic (exact) mass is 1520 g/mol. The molecule has 12 rings (SSSR count). The minimum absolute atomic E-state index is 0.0206. The Labute approximate surface area is 529 Å². The molecular weight excluding hydrogens is 1410 g/mol. The Hall–Kier alpha value is -3.66. The van der Waals surface area contributed by atoms with Gasteiger partial charge in [0.15, 0.2) is 0 Å². The summed E-state index contributed by atoms with van der Waals surface area (Å²) in [5.74, 6) is 2.16. The molecular formula is C82H102Cl2Hf2. The Morgan fingerprint density at radius 3 is 0.965 bits per heavy atom. The van der Waals surface area contributed by atoms with Crippen molar-refractivity contribution in [1.82, 2.24) is 0 Å². The number of fused-ring (bicyclic) bond motifs is 6. The van der Waals surface area contributed by atoms with Crippen LogP contribution in [0.5, 0.6) is 0 Å². The fourth-order valence-electron chi connectivity index (χ4n) is 16.5. The zero-order valence-corrected chi connectivity index (χ0v) is 64.5. The molecule has 6 aromatic carbocycles. The summed E-state index contributed by atoms with van der Waals surface area (Å²) in [6.07, 6.45) is 26.5. The van der Waals surface area contributed by atoms with E-state index < -0.39 is 33.7 Å². The van der Waals surface area contributed by atoms with E-state index >= 15 is 0 Å². The normalized spacial score (nSPS) is 17.9. The molecule has 2 saturated carbocycles. The predicted molar refractivity (Wildman–Crippen MR) is 374 cm³/mol. The van der Waals surface area contributed by atoms with Crippen LogP contribution in [0.4, 0.5) is 0 Å². The van der Waals surface area contributed by atoms with E-state index in [-0.39, 0.29) is 29.0 Å². The fraction of sp³-hybridized carbons (Fsp3) is 0.439. The predicted octanol–water partition coefficient (Wildman–Crippen LogP) is 24.6. The molecule has 6 aliphatic rings. The summed E-state index contributed by atoms with van der Waals surface area (Å²) < 4.78 is 10.0. The van der Waals surface area contributed by atoms with Crippen LogP contribution in [0.1, 0.15) is 235 Å². The first kappa shape index (κ1) is 63.9. The molecule has 0 spiro atoms. The molecule has 2 fully saturated rings. The van der Waals surface area contributed by atoms with Crippen LogP contribution in [0, 0.1) is 11.8 Å². The van der Waals surface area contributed by atoms with Gasteiger partial charge in [-0.3, -0.25) is 0 Å². The fourth-order valence-corrected chi connectivity index (χ4v) is 73.4. The van der Waals surface area contributed by atoms with Crippen LogP contribution >= 0.6 is 17.2 Å². The van der Waals surface area contributed by atoms with Crippen molar-refractivity contribution in [1.29, 1.82) is 0 Å². The summed E-state index contributed by atoms with van der Waals surface area (Å²) in [4.78, 5) is 0. The van der Waals surface area contributed by atoms with Gasteiger partial charge in [0, 0.05) is 0 Å². The van der Waals surface area contributed by atoms with Gasteiger partial charge in [0.25, 0.3) is 0 Å². The van der Waals surface area contributed by atoms with E-state index in [1.807, 2.05) is 3.26 Å². The topological polar surface area (TPSA) is 0 Å². The van der Waals surface area contributed by atoms with Crippen LogP contribution in [0.15, 0.2) is 170 Å². The third-order valence-corrected chi connectivity index (χ3v) is 77.2. The average molecular weight is 1520 g/mol. The van der Waals surface area contributed by atoms with E-state index in [2.05, 4.69) is 290 Å². The van der Waals surface area contributed by atoms with Crippen LogP contribution in [-0.2, 0) is 55.3 Å². The molecule has 6 aliphatic carbocycles. The van der Waals surface area contributed by atoms with Gasteiger partial charge in [-0.15, -0.1) is 0 Å². The molecule has 0 N–H and O–H groups in total. The van der Waals surface area contributed by atoms with E-state index in [0.717, 1.165) is 0 Å². The zero-order valence-electron chi connectivity index (χ0n) is 55.8. The Balaban J connectivity index is 0.000000179. The van der Waals surface area contributed by atoms with Crippen molar-refractivity contribution in [2.24, 2.45) is 11.8 Å². The van der Waals surface area contributed by atoms with Crippen LogP contribution in [-0.4, -0.2) is 6.51 Å². The van der Waals surface area contributed by atoms with Gasteiger partial charge >= 0.3 is 535 Å². The number of hydrogen-bond donors (Lipinski definition) is 0. The number of allylic oxidation sites excluding steroid dienone is 8. The van der Waals surface area contributed by atoms with Gasteiger partial charge in [-0.25, -0.2) is 0 Å². The van der Waals surface area contributed by atoms with E-state index in [0.29, 0.717) is 31.0 Å². The van der Waals surface area contributed by atoms with Gasteiger partial charge < -0.3 is 0 Å². The Morgan fingerprint density at radius 1 is 0.384 bits per heavy atom. The van der Waals surface area contributed by atoms with Crippen LogP contribution in [0.25, 0.3) is 22.3 Å². The second-order valence-corrected chi connectivity index (χ2v) is 87.8. The Bertz CT molecular complexity index is 3480. The molecule has 0 aliphatic heterocycles. The van der Waals surface area contributed by atoms with E-state index in [9.17, 15) is 0 Å². The van der Waals surface area contributed by atoms with Crippen molar-refractivity contribution < 1.29 is 33.7 Å². The Morgan fingerprint density at radius 2 is 0.674 bits per heavy atom. The van der Waals surface area contributed by atoms with Crippen molar-refractivity contribution >= 4 is 23.7 Å². The van der Waals surface area contributed by atoms with Gasteiger partial charge in [-0.2, -0.15) is 0 Å². The van der Waals surface area contributed by atoms with Crippen molar-refractivity contribution in [2.75, 3.05) is 0 Å². The van der Waals surface area contributed by atoms with Crippen molar-refractivity contribution in [2.45, 2.75) is 207 Å². The second kappa shape index (κ2) is 22.6. The van der Waals surface area contributed by atoms with Crippen LogP contribution < -0.4 is 0 Å². The Kier molecular flexibility index (Phi) is 16.8. The molecule has 0 nitrogen and oxygen atoms in total. The summed E-state index contributed by atoms with van der Waals surface area (Å²) in [7, 11) is 17.5. The molecule has 0 radical (unpaired) electrons. The standard InChI is InChI=1S/2C21H25.2C14H18.2C5H5.2CH3.2ClH.2Hf/c2*1-20(2,3)16-7-9-18-14(12-16)11-15-13-17(21(4,5)6)8-10-19(15)18;2*1-11(2)14-8-6-13(7-9-14)10-12-4-3-5-12;2*1-2-4-5-3-1;;;;;;/h2*7-13H,1-6H3;2*6-9,11-12H,3-5H2,1-2H3;2*1-5H;2*1H3;2*1H;;/q;;;;;;;;;;;+2/p-2. The summed E-state index contributed by atoms with van der Waals surface area (Å²) >= 11 is -9.57. The number of benzene rings is 6. The molecule has 0 atom stereocenters. The average Bonchev–Trinajstić information content (AvgIpc) is 1.39. The molecule has 0 saturated heterocycles. The molecule has 86 heavy (non-hydrogen) atoms. The summed E-state index contributed by atoms with van der Waals surface area (Å²) in [6, 6.07) is 48.6. The van der Waals surface area contributed by atoms with Crippen LogP contribution in [0.2, 0.25) is 16.7 Å². The first-order valence-electron chi connectivity index (χ1n) is 33.2. The van der Waals surface area contributed by atoms with Crippen molar-refractivity contribution in [3.8, 4) is 22.3 Å². The second-order valence-electron chi connectivity index (χ2n) is 33.1. The third-order valence-electron chi connectivity index (χ3n) is 22.2. The number of hydrogen-bond acceptors (Lipinski definition) is 0. The minimum atomic E-state index is -5.31. The van der Waals surface area contributed by atoms with Gasteiger partial charge in [-0.1, -0.05) is 0 Å². The van der Waals surface area contributed by atoms with Gasteiger partial charge in [0.2, 0.25) is 0 Å². The summed E-state index contributed by atoms with van der Waals surface area (Å²) in [6.45, 7) is 37.3. The van der Waals surface area contributed by atoms with Gasteiger partial charge in [0.05, 0.1) is 0 Å². The molecule has 6 aromatic rings. The summed E-state index contributed by atoms with van der Waals surface area (Å²) in [5, 5.41) is 0. The maximum absolute atomic E-state index is 8.75. The maximum atomic E-state index is 8.75. The number of rotatable bonds is 10. The molecule has 4 heteroatoms. The quantitative estimate of drug-likeness (QED) is 0.120. The first-order chi connectivity index (χ1) is 40.2. The zero-order chi connectivity index (χ0) is 61.9. The van der Waals surface area contributed by atoms with Gasteiger partial charge in [-0.05, 0) is 0 Å². The van der Waals surface area contributed by atoms with E-state index in [1.165, 1.54) is 120 Å². The van der Waals surface area contributed by atoms with Crippen molar-refractivity contribution in [3.63, 3.8) is 0 Å². The summed E-state index contributed by atoms with van der Waals surface area (Å²) in [5.41, 5.74) is 23.0. The number of halogens is 2. The van der Waals surface area contributed by atoms with Crippen molar-refractivity contribution in [3.05, 3.63) is 237 Å². The van der Waals surface area contributed by atoms with Gasteiger partial charge in [0.1, 0.15) is 0 Å². The SMILES string of the molecule is CC(C)c1ccc([C](C2CCC2)=[Hf]([CH3])([CH3])([CH]2C=CC=C2)[CH]2c3cc(C(C)(C)C)ccc3-c3ccc(C(C)(C)C)cc32)cc1.CC(C)c1ccc([C](C2CCC2)=[Hf]([Cl])([Cl])([CH]2C=CC=C2)[CH]2c3cc(C(C)(C)C)ccc3-c3ccc(C(C)(C)C)cc32)cc1. The molecule has 0 heterocycles. The molecule has 452 valence electrons. The molecule has 0 aromatic heterocycles.